The van der Waals surface area contributed by atoms with E-state index in [0.717, 1.165) is 12.8 Å². The zero-order valence-electron chi connectivity index (χ0n) is 9.13. The summed E-state index contributed by atoms with van der Waals surface area (Å²) in [5, 5.41) is 9.05. The average Bonchev–Trinajstić information content (AvgIpc) is 2.52. The normalized spacial score (nSPS) is 22.5. The van der Waals surface area contributed by atoms with Crippen LogP contribution >= 0.6 is 12.6 Å². The monoisotopic (exact) mass is 246 g/mol. The molecule has 0 aromatic carbocycles. The van der Waals surface area contributed by atoms with E-state index in [0.29, 0.717) is 25.9 Å². The Morgan fingerprint density at radius 3 is 2.75 bits per heavy atom. The van der Waals surface area contributed by atoms with E-state index in [4.69, 9.17) is 10.8 Å². The second-order valence-corrected chi connectivity index (χ2v) is 4.77. The maximum Gasteiger partial charge on any atom is 0.326 e. The number of aliphatic carboxylic acids is 1. The minimum Gasteiger partial charge on any atom is -0.480 e. The molecule has 1 aliphatic rings. The number of amides is 1. The van der Waals surface area contributed by atoms with Gasteiger partial charge in [0.15, 0.2) is 0 Å². The van der Waals surface area contributed by atoms with Crippen LogP contribution in [0.1, 0.15) is 25.7 Å². The molecule has 3 N–H and O–H groups in total. The first kappa shape index (κ1) is 13.3. The molecule has 16 heavy (non-hydrogen) atoms. The van der Waals surface area contributed by atoms with Crippen LogP contribution in [-0.4, -0.2) is 46.3 Å². The summed E-state index contributed by atoms with van der Waals surface area (Å²) in [6, 6.07) is -0.712. The Bertz CT molecular complexity index is 273. The largest absolute Gasteiger partial charge is 0.480 e. The van der Waals surface area contributed by atoms with Gasteiger partial charge in [0.25, 0.3) is 0 Å². The van der Waals surface area contributed by atoms with Crippen LogP contribution in [0.5, 0.6) is 0 Å². The molecule has 1 fully saturated rings. The Kier molecular flexibility index (Phi) is 5.08. The van der Waals surface area contributed by atoms with Gasteiger partial charge in [0.05, 0.1) is 0 Å². The molecule has 5 nitrogen and oxygen atoms in total. The van der Waals surface area contributed by atoms with Crippen LogP contribution in [0, 0.1) is 0 Å². The number of carboxylic acid groups (broad SMARTS) is 1. The Balaban J connectivity index is 2.56. The standard InChI is InChI=1S/C10H18N2O3S/c11-4-2-1-3-8(10(14)15)12-6-7(16)5-9(12)13/h7-8,16H,1-6,11H2,(H,14,15). The third-order valence-corrected chi connectivity index (χ3v) is 3.08. The summed E-state index contributed by atoms with van der Waals surface area (Å²) in [7, 11) is 0. The van der Waals surface area contributed by atoms with Gasteiger partial charge in [-0.1, -0.05) is 0 Å². The van der Waals surface area contributed by atoms with Crippen molar-refractivity contribution in [2.75, 3.05) is 13.1 Å². The van der Waals surface area contributed by atoms with Crippen LogP contribution in [0.2, 0.25) is 0 Å². The summed E-state index contributed by atoms with van der Waals surface area (Å²) in [4.78, 5) is 24.1. The van der Waals surface area contributed by atoms with Crippen molar-refractivity contribution in [2.24, 2.45) is 5.73 Å². The number of thiol groups is 1. The highest BCUT2D eigenvalue weighted by Crippen LogP contribution is 2.21. The summed E-state index contributed by atoms with van der Waals surface area (Å²) >= 11 is 4.21. The highest BCUT2D eigenvalue weighted by Gasteiger charge is 2.35. The predicted molar refractivity (Wildman–Crippen MR) is 63.4 cm³/mol. The molecule has 1 aliphatic heterocycles. The summed E-state index contributed by atoms with van der Waals surface area (Å²) in [6.45, 7) is 0.983. The summed E-state index contributed by atoms with van der Waals surface area (Å²) in [5.41, 5.74) is 5.35. The number of carboxylic acids is 1. The summed E-state index contributed by atoms with van der Waals surface area (Å²) in [6.07, 6.45) is 2.33. The number of carbonyl (C=O) groups is 2. The van der Waals surface area contributed by atoms with Crippen molar-refractivity contribution in [1.29, 1.82) is 0 Å². The molecule has 2 atom stereocenters. The second-order valence-electron chi connectivity index (χ2n) is 4.04. The fraction of sp³-hybridized carbons (Fsp3) is 0.800. The van der Waals surface area contributed by atoms with E-state index in [1.54, 1.807) is 0 Å². The lowest BCUT2D eigenvalue weighted by molar-refractivity contribution is -0.148. The van der Waals surface area contributed by atoms with E-state index in [9.17, 15) is 9.59 Å². The van der Waals surface area contributed by atoms with Crippen LogP contribution < -0.4 is 5.73 Å². The molecule has 0 aliphatic carbocycles. The fourth-order valence-corrected chi connectivity index (χ4v) is 2.24. The highest BCUT2D eigenvalue weighted by molar-refractivity contribution is 7.81. The van der Waals surface area contributed by atoms with Crippen LogP contribution in [-0.2, 0) is 9.59 Å². The van der Waals surface area contributed by atoms with Crippen molar-refractivity contribution in [2.45, 2.75) is 37.0 Å². The molecular weight excluding hydrogens is 228 g/mol. The molecule has 0 saturated carbocycles. The van der Waals surface area contributed by atoms with Gasteiger partial charge in [0.2, 0.25) is 5.91 Å². The topological polar surface area (TPSA) is 83.6 Å². The number of hydrogen-bond donors (Lipinski definition) is 3. The van der Waals surface area contributed by atoms with E-state index in [1.807, 2.05) is 0 Å². The van der Waals surface area contributed by atoms with Crippen molar-refractivity contribution >= 4 is 24.5 Å². The lowest BCUT2D eigenvalue weighted by Gasteiger charge is -2.24. The quantitative estimate of drug-likeness (QED) is 0.458. The van der Waals surface area contributed by atoms with Crippen molar-refractivity contribution in [3.05, 3.63) is 0 Å². The molecule has 1 saturated heterocycles. The van der Waals surface area contributed by atoms with Crippen molar-refractivity contribution in [3.8, 4) is 0 Å². The minimum atomic E-state index is -0.937. The molecule has 0 aromatic rings. The first-order chi connectivity index (χ1) is 7.56. The van der Waals surface area contributed by atoms with Gasteiger partial charge in [-0.15, -0.1) is 0 Å². The van der Waals surface area contributed by atoms with E-state index >= 15 is 0 Å². The number of likely N-dealkylation sites (tertiary alicyclic amines) is 1. The lowest BCUT2D eigenvalue weighted by Crippen LogP contribution is -2.42. The van der Waals surface area contributed by atoms with Crippen LogP contribution in [0.25, 0.3) is 0 Å². The van der Waals surface area contributed by atoms with E-state index in [-0.39, 0.29) is 11.2 Å². The highest BCUT2D eigenvalue weighted by atomic mass is 32.1. The van der Waals surface area contributed by atoms with E-state index in [1.165, 1.54) is 4.90 Å². The molecule has 6 heteroatoms. The minimum absolute atomic E-state index is 0.0381. The molecule has 0 spiro atoms. The molecule has 0 bridgehead atoms. The maximum atomic E-state index is 11.6. The van der Waals surface area contributed by atoms with Gasteiger partial charge in [-0.3, -0.25) is 4.79 Å². The molecule has 0 radical (unpaired) electrons. The van der Waals surface area contributed by atoms with Crippen LogP contribution in [0.4, 0.5) is 0 Å². The van der Waals surface area contributed by atoms with Crippen molar-refractivity contribution in [3.63, 3.8) is 0 Å². The first-order valence-electron chi connectivity index (χ1n) is 5.46. The number of nitrogens with two attached hydrogens (primary N) is 1. The number of nitrogens with zero attached hydrogens (tertiary/aromatic N) is 1. The number of carbonyl (C=O) groups excluding carboxylic acids is 1. The smallest absolute Gasteiger partial charge is 0.326 e. The maximum absolute atomic E-state index is 11.6. The predicted octanol–water partition coefficient (Wildman–Crippen LogP) is 0.0993. The zero-order chi connectivity index (χ0) is 12.1. The third-order valence-electron chi connectivity index (χ3n) is 2.73. The molecule has 1 rings (SSSR count). The molecule has 92 valence electrons. The van der Waals surface area contributed by atoms with Gasteiger partial charge in [-0.25, -0.2) is 4.79 Å². The van der Waals surface area contributed by atoms with Gasteiger partial charge in [0.1, 0.15) is 6.04 Å². The Labute approximate surface area is 100 Å². The Hall–Kier alpha value is -0.750. The number of rotatable bonds is 6. The molecule has 0 aromatic heterocycles. The van der Waals surface area contributed by atoms with E-state index in [2.05, 4.69) is 12.6 Å². The zero-order valence-corrected chi connectivity index (χ0v) is 10.0. The fourth-order valence-electron chi connectivity index (χ4n) is 1.91. The molecular formula is C10H18N2O3S. The average molecular weight is 246 g/mol. The van der Waals surface area contributed by atoms with Crippen LogP contribution in [0.15, 0.2) is 0 Å². The first-order valence-corrected chi connectivity index (χ1v) is 5.98. The van der Waals surface area contributed by atoms with Crippen molar-refractivity contribution in [1.82, 2.24) is 4.90 Å². The number of unbranched alkanes of at least 4 members (excludes halogenated alkanes) is 1. The molecule has 2 unspecified atom stereocenters. The van der Waals surface area contributed by atoms with Gasteiger partial charge >= 0.3 is 5.97 Å². The summed E-state index contributed by atoms with van der Waals surface area (Å²) in [5.74, 6) is -1.05. The van der Waals surface area contributed by atoms with Crippen LogP contribution in [0.3, 0.4) is 0 Å². The lowest BCUT2D eigenvalue weighted by atomic mass is 10.1. The van der Waals surface area contributed by atoms with Crippen molar-refractivity contribution < 1.29 is 14.7 Å². The SMILES string of the molecule is NCCCCC(C(=O)O)N1CC(S)CC1=O. The Morgan fingerprint density at radius 1 is 1.62 bits per heavy atom. The molecule has 1 amide bonds. The number of hydrogen-bond acceptors (Lipinski definition) is 4. The second kappa shape index (κ2) is 6.10. The van der Waals surface area contributed by atoms with Gasteiger partial charge < -0.3 is 15.7 Å². The third kappa shape index (κ3) is 3.38. The van der Waals surface area contributed by atoms with Gasteiger partial charge in [-0.05, 0) is 25.8 Å². The van der Waals surface area contributed by atoms with E-state index < -0.39 is 12.0 Å². The molecule has 1 heterocycles. The van der Waals surface area contributed by atoms with Gasteiger partial charge in [0, 0.05) is 18.2 Å². The summed E-state index contributed by atoms with van der Waals surface area (Å²) < 4.78 is 0. The van der Waals surface area contributed by atoms with Gasteiger partial charge in [-0.2, -0.15) is 12.6 Å². The Morgan fingerprint density at radius 2 is 2.31 bits per heavy atom.